The van der Waals surface area contributed by atoms with E-state index >= 15 is 0 Å². The van der Waals surface area contributed by atoms with Gasteiger partial charge in [-0.3, -0.25) is 0 Å². The Morgan fingerprint density at radius 1 is 1.20 bits per heavy atom. The van der Waals surface area contributed by atoms with Crippen molar-refractivity contribution in [3.63, 3.8) is 0 Å². The molecular weight excluding hydrogens is 411 g/mol. The largest absolute Gasteiger partial charge is 0.438 e. The highest BCUT2D eigenvalue weighted by Gasteiger charge is 2.28. The first-order valence-electron chi connectivity index (χ1n) is 7.30. The Morgan fingerprint density at radius 2 is 1.88 bits per heavy atom. The Hall–Kier alpha value is -2.03. The summed E-state index contributed by atoms with van der Waals surface area (Å²) >= 11 is 3.26. The van der Waals surface area contributed by atoms with Gasteiger partial charge in [0.25, 0.3) is 0 Å². The van der Waals surface area contributed by atoms with Crippen LogP contribution in [0.1, 0.15) is 11.3 Å². The summed E-state index contributed by atoms with van der Waals surface area (Å²) in [6.07, 6.45) is 0. The molecule has 0 unspecified atom stereocenters. The van der Waals surface area contributed by atoms with E-state index in [4.69, 9.17) is 10.2 Å². The van der Waals surface area contributed by atoms with Gasteiger partial charge < -0.3 is 10.2 Å². The van der Waals surface area contributed by atoms with Crippen LogP contribution in [0.15, 0.2) is 61.3 Å². The predicted octanol–water partition coefficient (Wildman–Crippen LogP) is 3.84. The van der Waals surface area contributed by atoms with E-state index in [0.717, 1.165) is 4.47 Å². The molecule has 0 atom stereocenters. The van der Waals surface area contributed by atoms with Crippen molar-refractivity contribution >= 4 is 25.8 Å². The van der Waals surface area contributed by atoms with Crippen molar-refractivity contribution in [2.24, 2.45) is 5.73 Å². The van der Waals surface area contributed by atoms with E-state index in [1.165, 1.54) is 24.3 Å². The Balaban J connectivity index is 2.16. The minimum atomic E-state index is -3.91. The molecule has 8 heteroatoms. The van der Waals surface area contributed by atoms with E-state index in [1.807, 2.05) is 0 Å². The van der Waals surface area contributed by atoms with Crippen LogP contribution in [0, 0.1) is 12.7 Å². The zero-order chi connectivity index (χ0) is 18.2. The van der Waals surface area contributed by atoms with Gasteiger partial charge in [-0.15, -0.1) is 0 Å². The van der Waals surface area contributed by atoms with Gasteiger partial charge in [0.2, 0.25) is 20.8 Å². The number of benzene rings is 2. The standard InChI is InChI=1S/C17H14BrFN2O3S/c1-10-2-5-12(19)8-14(10)16-21-17(15(9-20)24-16)25(22,23)13-6-3-11(18)4-7-13/h2-8H,9,20H2,1H3. The lowest BCUT2D eigenvalue weighted by molar-refractivity contribution is 0.509. The molecule has 0 bridgehead atoms. The fourth-order valence-electron chi connectivity index (χ4n) is 2.34. The number of hydrogen-bond acceptors (Lipinski definition) is 5. The van der Waals surface area contributed by atoms with Crippen LogP contribution in [0.4, 0.5) is 4.39 Å². The highest BCUT2D eigenvalue weighted by molar-refractivity contribution is 9.10. The maximum absolute atomic E-state index is 13.5. The monoisotopic (exact) mass is 424 g/mol. The second kappa shape index (κ2) is 6.70. The summed E-state index contributed by atoms with van der Waals surface area (Å²) in [6.45, 7) is 1.61. The second-order valence-electron chi connectivity index (χ2n) is 5.37. The summed E-state index contributed by atoms with van der Waals surface area (Å²) in [5, 5.41) is -0.254. The molecule has 3 rings (SSSR count). The van der Waals surface area contributed by atoms with Gasteiger partial charge in [-0.05, 0) is 48.9 Å². The molecule has 0 aliphatic carbocycles. The van der Waals surface area contributed by atoms with Crippen LogP contribution >= 0.6 is 15.9 Å². The van der Waals surface area contributed by atoms with Crippen molar-refractivity contribution in [2.75, 3.05) is 0 Å². The first kappa shape index (κ1) is 17.8. The zero-order valence-corrected chi connectivity index (χ0v) is 15.6. The fourth-order valence-corrected chi connectivity index (χ4v) is 3.95. The van der Waals surface area contributed by atoms with E-state index in [0.29, 0.717) is 11.1 Å². The Kier molecular flexibility index (Phi) is 4.77. The van der Waals surface area contributed by atoms with Gasteiger partial charge in [0.15, 0.2) is 5.76 Å². The summed E-state index contributed by atoms with van der Waals surface area (Å²) in [6, 6.07) is 10.3. The minimum absolute atomic E-state index is 0.0214. The summed E-state index contributed by atoms with van der Waals surface area (Å²) in [4.78, 5) is 4.18. The second-order valence-corrected chi connectivity index (χ2v) is 8.15. The Bertz CT molecular complexity index is 1030. The number of sulfone groups is 1. The first-order chi connectivity index (χ1) is 11.8. The predicted molar refractivity (Wildman–Crippen MR) is 94.1 cm³/mol. The number of aryl methyl sites for hydroxylation is 1. The quantitative estimate of drug-likeness (QED) is 0.687. The molecule has 5 nitrogen and oxygen atoms in total. The first-order valence-corrected chi connectivity index (χ1v) is 9.57. The number of aromatic nitrogens is 1. The molecule has 1 aromatic heterocycles. The van der Waals surface area contributed by atoms with Crippen LogP contribution in [-0.2, 0) is 16.4 Å². The third kappa shape index (κ3) is 3.37. The molecule has 0 aliphatic rings. The highest BCUT2D eigenvalue weighted by atomic mass is 79.9. The van der Waals surface area contributed by atoms with E-state index in [-0.39, 0.29) is 28.1 Å². The third-order valence-corrected chi connectivity index (χ3v) is 5.90. The smallest absolute Gasteiger partial charge is 0.228 e. The van der Waals surface area contributed by atoms with Crippen molar-refractivity contribution in [1.29, 1.82) is 0 Å². The molecule has 2 aromatic carbocycles. The summed E-state index contributed by atoms with van der Waals surface area (Å²) in [5.74, 6) is -0.417. The average molecular weight is 425 g/mol. The molecule has 2 N–H and O–H groups in total. The molecule has 0 fully saturated rings. The number of nitrogens with two attached hydrogens (primary N) is 1. The zero-order valence-electron chi connectivity index (χ0n) is 13.2. The number of hydrogen-bond donors (Lipinski definition) is 1. The summed E-state index contributed by atoms with van der Waals surface area (Å²) < 4.78 is 45.5. The molecule has 0 spiro atoms. The molecule has 1 heterocycles. The van der Waals surface area contributed by atoms with Crippen molar-refractivity contribution in [3.05, 3.63) is 64.1 Å². The number of rotatable bonds is 4. The van der Waals surface area contributed by atoms with Gasteiger partial charge >= 0.3 is 0 Å². The van der Waals surface area contributed by atoms with Crippen LogP contribution in [0.5, 0.6) is 0 Å². The molecule has 0 radical (unpaired) electrons. The Morgan fingerprint density at radius 3 is 2.52 bits per heavy atom. The minimum Gasteiger partial charge on any atom is -0.438 e. The van der Waals surface area contributed by atoms with Gasteiger partial charge in [0.1, 0.15) is 5.82 Å². The molecule has 0 amide bonds. The van der Waals surface area contributed by atoms with Crippen molar-refractivity contribution in [3.8, 4) is 11.5 Å². The number of nitrogens with zero attached hydrogens (tertiary/aromatic N) is 1. The molecule has 130 valence electrons. The molecular formula is C17H14BrFN2O3S. The van der Waals surface area contributed by atoms with E-state index in [9.17, 15) is 12.8 Å². The van der Waals surface area contributed by atoms with Crippen molar-refractivity contribution in [1.82, 2.24) is 4.98 Å². The van der Waals surface area contributed by atoms with Crippen LogP contribution in [0.3, 0.4) is 0 Å². The highest BCUT2D eigenvalue weighted by Crippen LogP contribution is 2.31. The topological polar surface area (TPSA) is 86.2 Å². The van der Waals surface area contributed by atoms with Crippen molar-refractivity contribution in [2.45, 2.75) is 23.4 Å². The van der Waals surface area contributed by atoms with E-state index < -0.39 is 15.7 Å². The Labute approximate surface area is 152 Å². The average Bonchev–Trinajstić information content (AvgIpc) is 3.02. The van der Waals surface area contributed by atoms with Crippen LogP contribution in [0.25, 0.3) is 11.5 Å². The summed E-state index contributed by atoms with van der Waals surface area (Å²) in [7, 11) is -3.91. The van der Waals surface area contributed by atoms with Gasteiger partial charge in [0, 0.05) is 10.0 Å². The fraction of sp³-hybridized carbons (Fsp3) is 0.118. The third-order valence-electron chi connectivity index (χ3n) is 3.66. The normalized spacial score (nSPS) is 11.7. The molecule has 3 aromatic rings. The number of oxazole rings is 1. The van der Waals surface area contributed by atoms with Crippen LogP contribution in [0.2, 0.25) is 0 Å². The van der Waals surface area contributed by atoms with Crippen LogP contribution < -0.4 is 5.73 Å². The molecule has 0 aliphatic heterocycles. The maximum atomic E-state index is 13.5. The SMILES string of the molecule is Cc1ccc(F)cc1-c1nc(S(=O)(=O)c2ccc(Br)cc2)c(CN)o1. The molecule has 25 heavy (non-hydrogen) atoms. The lowest BCUT2D eigenvalue weighted by Gasteiger charge is -2.02. The van der Waals surface area contributed by atoms with Gasteiger partial charge in [-0.1, -0.05) is 22.0 Å². The molecule has 0 saturated heterocycles. The van der Waals surface area contributed by atoms with Crippen LogP contribution in [-0.4, -0.2) is 13.4 Å². The summed E-state index contributed by atoms with van der Waals surface area (Å²) in [5.41, 5.74) is 6.72. The van der Waals surface area contributed by atoms with E-state index in [1.54, 1.807) is 25.1 Å². The number of halogens is 2. The van der Waals surface area contributed by atoms with Gasteiger partial charge in [-0.25, -0.2) is 12.8 Å². The maximum Gasteiger partial charge on any atom is 0.228 e. The van der Waals surface area contributed by atoms with Gasteiger partial charge in [-0.2, -0.15) is 4.98 Å². The van der Waals surface area contributed by atoms with E-state index in [2.05, 4.69) is 20.9 Å². The lowest BCUT2D eigenvalue weighted by Crippen LogP contribution is -2.07. The lowest BCUT2D eigenvalue weighted by atomic mass is 10.1. The van der Waals surface area contributed by atoms with Gasteiger partial charge in [0.05, 0.1) is 11.4 Å². The molecule has 0 saturated carbocycles. The van der Waals surface area contributed by atoms with Crippen molar-refractivity contribution < 1.29 is 17.2 Å².